The molecule has 0 aromatic carbocycles. The van der Waals surface area contributed by atoms with Crippen LogP contribution >= 0.6 is 0 Å². The Bertz CT molecular complexity index is 1560. The summed E-state index contributed by atoms with van der Waals surface area (Å²) in [5.41, 5.74) is 0. The second-order valence-electron chi connectivity index (χ2n) is 17.4. The number of hydrogen-bond acceptors (Lipinski definition) is 6. The minimum atomic E-state index is -0.834. The Labute approximate surface area is 423 Å². The van der Waals surface area contributed by atoms with Gasteiger partial charge in [0.05, 0.1) is 0 Å². The fraction of sp³-hybridized carbons (Fsp3) is 0.571. The Kier molecular flexibility index (Phi) is 52.1. The molecule has 6 nitrogen and oxygen atoms in total. The van der Waals surface area contributed by atoms with Crippen LogP contribution in [0.2, 0.25) is 0 Å². The molecule has 0 spiro atoms. The van der Waals surface area contributed by atoms with E-state index in [4.69, 9.17) is 14.2 Å². The number of ether oxygens (including phenoxy) is 3. The van der Waals surface area contributed by atoms with Gasteiger partial charge >= 0.3 is 17.9 Å². The van der Waals surface area contributed by atoms with Crippen molar-refractivity contribution in [1.29, 1.82) is 0 Å². The van der Waals surface area contributed by atoms with Crippen LogP contribution in [0.5, 0.6) is 0 Å². The van der Waals surface area contributed by atoms with Gasteiger partial charge in [-0.25, -0.2) is 0 Å². The average molecular weight is 951 g/mol. The molecular formula is C63H98O6. The molecule has 0 rings (SSSR count). The zero-order valence-electron chi connectivity index (χ0n) is 44.0. The van der Waals surface area contributed by atoms with E-state index in [1.807, 2.05) is 12.2 Å². The van der Waals surface area contributed by atoms with E-state index in [1.165, 1.54) is 19.3 Å². The Hall–Kier alpha value is -4.71. The monoisotopic (exact) mass is 951 g/mol. The predicted molar refractivity (Wildman–Crippen MR) is 297 cm³/mol. The first-order valence-electron chi connectivity index (χ1n) is 27.3. The summed E-state index contributed by atoms with van der Waals surface area (Å²) in [6, 6.07) is 0. The smallest absolute Gasteiger partial charge is 0.306 e. The molecule has 6 heteroatoms. The second-order valence-corrected chi connectivity index (χ2v) is 17.4. The van der Waals surface area contributed by atoms with Crippen molar-refractivity contribution in [3.63, 3.8) is 0 Å². The van der Waals surface area contributed by atoms with Crippen molar-refractivity contribution in [2.45, 2.75) is 219 Å². The van der Waals surface area contributed by atoms with E-state index in [0.717, 1.165) is 148 Å². The third-order valence-corrected chi connectivity index (χ3v) is 10.8. The van der Waals surface area contributed by atoms with Crippen molar-refractivity contribution < 1.29 is 28.6 Å². The molecule has 69 heavy (non-hydrogen) atoms. The molecule has 0 aliphatic carbocycles. The SMILES string of the molecule is CC/C=C\C/C=C\C/C=C\C/C=C\C/C=C\C/C=C\CCCCCCCCC(=O)OCC(COC(=O)CCCCCCC/C=C\C/C=C\CCC)OC(=O)CC/C=C\C/C=C\C/C=C\C/C=C\CC. The summed E-state index contributed by atoms with van der Waals surface area (Å²) in [5, 5.41) is 0. The molecule has 0 bridgehead atoms. The first kappa shape index (κ1) is 64.3. The summed E-state index contributed by atoms with van der Waals surface area (Å²) in [6.45, 7) is 6.23. The lowest BCUT2D eigenvalue weighted by molar-refractivity contribution is -0.166. The van der Waals surface area contributed by atoms with Gasteiger partial charge in [0.2, 0.25) is 0 Å². The van der Waals surface area contributed by atoms with Gasteiger partial charge in [-0.2, -0.15) is 0 Å². The highest BCUT2D eigenvalue weighted by atomic mass is 16.6. The average Bonchev–Trinajstić information content (AvgIpc) is 3.35. The van der Waals surface area contributed by atoms with Gasteiger partial charge in [0.15, 0.2) is 6.10 Å². The molecule has 0 amide bonds. The normalized spacial score (nSPS) is 13.3. The highest BCUT2D eigenvalue weighted by Crippen LogP contribution is 2.12. The Balaban J connectivity index is 4.44. The van der Waals surface area contributed by atoms with Crippen molar-refractivity contribution in [1.82, 2.24) is 0 Å². The highest BCUT2D eigenvalue weighted by Gasteiger charge is 2.19. The standard InChI is InChI=1S/C63H98O6/c1-4-7-10-13-16-19-22-25-26-27-28-29-30-31-32-33-34-35-36-39-41-44-47-50-53-56-62(65)68-59-60(69-63(66)57-54-51-48-45-42-38-24-21-18-15-12-9-6-3)58-67-61(64)55-52-49-46-43-40-37-23-20-17-14-11-8-5-2/h7,9-12,14,16,18-21,23,25-26,28-29,31-32,34-35,38,42,48,51,60H,4-6,8,13,15,17,22,24,27,30,33,36-37,39-41,43-47,49-50,52-59H2,1-3H3/b10-7-,12-9-,14-11-,19-16-,21-18-,23-20-,26-25-,29-28-,32-31-,35-34-,42-38-,51-48-. The maximum atomic E-state index is 12.8. The molecule has 0 aromatic heterocycles. The summed E-state index contributed by atoms with van der Waals surface area (Å²) in [5.74, 6) is -1.05. The van der Waals surface area contributed by atoms with Crippen LogP contribution in [0.4, 0.5) is 0 Å². The third-order valence-electron chi connectivity index (χ3n) is 10.8. The summed E-state index contributed by atoms with van der Waals surface area (Å²) < 4.78 is 16.7. The van der Waals surface area contributed by atoms with Gasteiger partial charge in [0, 0.05) is 19.3 Å². The quantitative estimate of drug-likeness (QED) is 0.0262. The van der Waals surface area contributed by atoms with Crippen molar-refractivity contribution >= 4 is 17.9 Å². The fourth-order valence-electron chi connectivity index (χ4n) is 6.79. The van der Waals surface area contributed by atoms with E-state index in [-0.39, 0.29) is 31.6 Å². The summed E-state index contributed by atoms with van der Waals surface area (Å²) in [4.78, 5) is 38.0. The lowest BCUT2D eigenvalue weighted by Gasteiger charge is -2.18. The molecule has 0 radical (unpaired) electrons. The van der Waals surface area contributed by atoms with Crippen molar-refractivity contribution in [2.24, 2.45) is 0 Å². The first-order chi connectivity index (χ1) is 34.0. The highest BCUT2D eigenvalue weighted by molar-refractivity contribution is 5.71. The van der Waals surface area contributed by atoms with E-state index in [9.17, 15) is 14.4 Å². The lowest BCUT2D eigenvalue weighted by Crippen LogP contribution is -2.30. The van der Waals surface area contributed by atoms with Crippen LogP contribution in [0, 0.1) is 0 Å². The zero-order valence-corrected chi connectivity index (χ0v) is 44.0. The summed E-state index contributed by atoms with van der Waals surface area (Å²) in [7, 11) is 0. The topological polar surface area (TPSA) is 78.9 Å². The van der Waals surface area contributed by atoms with E-state index in [1.54, 1.807) is 0 Å². The first-order valence-corrected chi connectivity index (χ1v) is 27.3. The van der Waals surface area contributed by atoms with Gasteiger partial charge in [0.1, 0.15) is 13.2 Å². The van der Waals surface area contributed by atoms with Crippen molar-refractivity contribution in [2.75, 3.05) is 13.2 Å². The molecular weight excluding hydrogens is 853 g/mol. The lowest BCUT2D eigenvalue weighted by atomic mass is 10.1. The number of rotatable bonds is 47. The molecule has 0 saturated carbocycles. The number of carbonyl (C=O) groups excluding carboxylic acids is 3. The van der Waals surface area contributed by atoms with E-state index in [0.29, 0.717) is 19.3 Å². The molecule has 0 aliphatic heterocycles. The molecule has 0 saturated heterocycles. The minimum absolute atomic E-state index is 0.125. The number of carbonyl (C=O) groups is 3. The fourth-order valence-corrected chi connectivity index (χ4v) is 6.79. The van der Waals surface area contributed by atoms with Crippen LogP contribution < -0.4 is 0 Å². The molecule has 0 aromatic rings. The maximum absolute atomic E-state index is 12.8. The molecule has 0 heterocycles. The van der Waals surface area contributed by atoms with E-state index >= 15 is 0 Å². The zero-order chi connectivity index (χ0) is 50.0. The van der Waals surface area contributed by atoms with Crippen LogP contribution in [-0.2, 0) is 28.6 Å². The molecule has 0 aliphatic rings. The third kappa shape index (κ3) is 54.1. The molecule has 0 fully saturated rings. The minimum Gasteiger partial charge on any atom is -0.462 e. The van der Waals surface area contributed by atoms with E-state index in [2.05, 4.69) is 154 Å². The van der Waals surface area contributed by atoms with Crippen molar-refractivity contribution in [3.8, 4) is 0 Å². The number of allylic oxidation sites excluding steroid dienone is 24. The van der Waals surface area contributed by atoms with Crippen LogP contribution in [0.1, 0.15) is 213 Å². The molecule has 1 atom stereocenters. The van der Waals surface area contributed by atoms with Gasteiger partial charge < -0.3 is 14.2 Å². The maximum Gasteiger partial charge on any atom is 0.306 e. The van der Waals surface area contributed by atoms with Crippen LogP contribution in [0.3, 0.4) is 0 Å². The number of hydrogen-bond donors (Lipinski definition) is 0. The largest absolute Gasteiger partial charge is 0.462 e. The van der Waals surface area contributed by atoms with Crippen LogP contribution in [0.25, 0.3) is 0 Å². The van der Waals surface area contributed by atoms with Gasteiger partial charge in [0.25, 0.3) is 0 Å². The van der Waals surface area contributed by atoms with Gasteiger partial charge in [-0.1, -0.05) is 218 Å². The number of esters is 3. The summed E-state index contributed by atoms with van der Waals surface area (Å²) in [6.07, 6.45) is 79.9. The Morgan fingerprint density at radius 2 is 0.594 bits per heavy atom. The van der Waals surface area contributed by atoms with Gasteiger partial charge in [-0.3, -0.25) is 14.4 Å². The van der Waals surface area contributed by atoms with Gasteiger partial charge in [-0.15, -0.1) is 0 Å². The Morgan fingerprint density at radius 3 is 0.942 bits per heavy atom. The van der Waals surface area contributed by atoms with E-state index < -0.39 is 12.1 Å². The molecule has 386 valence electrons. The summed E-state index contributed by atoms with van der Waals surface area (Å²) >= 11 is 0. The Morgan fingerprint density at radius 1 is 0.304 bits per heavy atom. The second kappa shape index (κ2) is 55.9. The van der Waals surface area contributed by atoms with Gasteiger partial charge in [-0.05, 0) is 122 Å². The molecule has 0 N–H and O–H groups in total. The molecule has 1 unspecified atom stereocenters. The number of unbranched alkanes of at least 4 members (excludes halogenated alkanes) is 12. The van der Waals surface area contributed by atoms with Crippen LogP contribution in [0.15, 0.2) is 146 Å². The predicted octanol–water partition coefficient (Wildman–Crippen LogP) is 18.4. The van der Waals surface area contributed by atoms with Crippen LogP contribution in [-0.4, -0.2) is 37.2 Å². The van der Waals surface area contributed by atoms with Crippen molar-refractivity contribution in [3.05, 3.63) is 146 Å².